The van der Waals surface area contributed by atoms with Crippen LogP contribution < -0.4 is 14.8 Å². The lowest BCUT2D eigenvalue weighted by Gasteiger charge is -2.21. The lowest BCUT2D eigenvalue weighted by Crippen LogP contribution is -2.47. The fraction of sp³-hybridized carbons (Fsp3) is 0.467. The van der Waals surface area contributed by atoms with Crippen molar-refractivity contribution >= 4 is 22.0 Å². The number of hydrogen-bond donors (Lipinski definition) is 2. The van der Waals surface area contributed by atoms with Crippen LogP contribution in [0.1, 0.15) is 20.3 Å². The lowest BCUT2D eigenvalue weighted by molar-refractivity contribution is -0.141. The SMILES string of the molecule is COC(=O)CC(NC(=O)NS(=O)(=O)c1ccc(OC(F)F)cc1)C(C)C. The van der Waals surface area contributed by atoms with Gasteiger partial charge in [0, 0.05) is 6.04 Å². The van der Waals surface area contributed by atoms with Gasteiger partial charge in [0.05, 0.1) is 18.4 Å². The highest BCUT2D eigenvalue weighted by atomic mass is 32.2. The molecule has 2 N–H and O–H groups in total. The van der Waals surface area contributed by atoms with Crippen LogP contribution in [0.15, 0.2) is 29.2 Å². The standard InChI is InChI=1S/C15H20F2N2O6S/c1-9(2)12(8-13(20)24-3)18-15(21)19-26(22,23)11-6-4-10(5-7-11)25-14(16)17/h4-7,9,12,14H,8H2,1-3H3,(H2,18,19,21). The number of hydrogen-bond acceptors (Lipinski definition) is 6. The Bertz CT molecular complexity index is 722. The molecule has 0 fully saturated rings. The van der Waals surface area contributed by atoms with Gasteiger partial charge in [0.25, 0.3) is 10.0 Å². The van der Waals surface area contributed by atoms with E-state index < -0.39 is 34.7 Å². The number of rotatable bonds is 8. The van der Waals surface area contributed by atoms with Gasteiger partial charge in [0.2, 0.25) is 0 Å². The van der Waals surface area contributed by atoms with E-state index >= 15 is 0 Å². The van der Waals surface area contributed by atoms with Gasteiger partial charge in [-0.15, -0.1) is 0 Å². The third-order valence-corrected chi connectivity index (χ3v) is 4.67. The summed E-state index contributed by atoms with van der Waals surface area (Å²) in [6, 6.07) is 2.43. The van der Waals surface area contributed by atoms with Crippen molar-refractivity contribution in [3.05, 3.63) is 24.3 Å². The second-order valence-electron chi connectivity index (χ2n) is 5.56. The Labute approximate surface area is 149 Å². The van der Waals surface area contributed by atoms with Crippen LogP contribution >= 0.6 is 0 Å². The van der Waals surface area contributed by atoms with Crippen molar-refractivity contribution < 1.29 is 36.3 Å². The van der Waals surface area contributed by atoms with Crippen LogP contribution in [0.2, 0.25) is 0 Å². The minimum absolute atomic E-state index is 0.124. The first-order valence-electron chi connectivity index (χ1n) is 7.50. The molecule has 26 heavy (non-hydrogen) atoms. The summed E-state index contributed by atoms with van der Waals surface area (Å²) in [7, 11) is -3.03. The molecule has 0 bridgehead atoms. The van der Waals surface area contributed by atoms with Gasteiger partial charge in [0.15, 0.2) is 0 Å². The second-order valence-corrected chi connectivity index (χ2v) is 7.24. The maximum atomic E-state index is 12.2. The summed E-state index contributed by atoms with van der Waals surface area (Å²) in [5.74, 6) is -0.934. The Balaban J connectivity index is 2.78. The molecule has 0 aliphatic heterocycles. The van der Waals surface area contributed by atoms with Gasteiger partial charge in [0.1, 0.15) is 5.75 Å². The summed E-state index contributed by atoms with van der Waals surface area (Å²) in [4.78, 5) is 23.0. The zero-order chi connectivity index (χ0) is 19.9. The van der Waals surface area contributed by atoms with Gasteiger partial charge < -0.3 is 14.8 Å². The first-order valence-corrected chi connectivity index (χ1v) is 8.98. The van der Waals surface area contributed by atoms with E-state index in [-0.39, 0.29) is 23.0 Å². The summed E-state index contributed by atoms with van der Waals surface area (Å²) in [6.07, 6.45) is -0.124. The highest BCUT2D eigenvalue weighted by Crippen LogP contribution is 2.17. The number of methoxy groups -OCH3 is 1. The number of carbonyl (C=O) groups excluding carboxylic acids is 2. The molecule has 1 atom stereocenters. The third-order valence-electron chi connectivity index (χ3n) is 3.32. The van der Waals surface area contributed by atoms with Crippen LogP contribution in [0, 0.1) is 5.92 Å². The number of amides is 2. The minimum Gasteiger partial charge on any atom is -0.469 e. The number of benzene rings is 1. The highest BCUT2D eigenvalue weighted by molar-refractivity contribution is 7.90. The molecule has 1 unspecified atom stereocenters. The molecular weight excluding hydrogens is 374 g/mol. The number of carbonyl (C=O) groups is 2. The maximum Gasteiger partial charge on any atom is 0.387 e. The zero-order valence-electron chi connectivity index (χ0n) is 14.4. The first-order chi connectivity index (χ1) is 12.0. The van der Waals surface area contributed by atoms with E-state index in [1.165, 1.54) is 7.11 Å². The Hall–Kier alpha value is -2.43. The van der Waals surface area contributed by atoms with Gasteiger partial charge in [-0.2, -0.15) is 8.78 Å². The largest absolute Gasteiger partial charge is 0.469 e. The molecule has 0 aromatic heterocycles. The predicted octanol–water partition coefficient (Wildman–Crippen LogP) is 1.86. The van der Waals surface area contributed by atoms with Crippen molar-refractivity contribution in [3.63, 3.8) is 0 Å². The van der Waals surface area contributed by atoms with Gasteiger partial charge in [-0.25, -0.2) is 17.9 Å². The zero-order valence-corrected chi connectivity index (χ0v) is 15.2. The number of nitrogens with one attached hydrogen (secondary N) is 2. The van der Waals surface area contributed by atoms with Crippen LogP contribution in [-0.4, -0.2) is 40.2 Å². The third kappa shape index (κ3) is 6.82. The van der Waals surface area contributed by atoms with Crippen LogP contribution in [0.25, 0.3) is 0 Å². The van der Waals surface area contributed by atoms with Gasteiger partial charge >= 0.3 is 18.6 Å². The molecule has 0 spiro atoms. The first kappa shape index (κ1) is 21.6. The number of ether oxygens (including phenoxy) is 2. The normalized spacial score (nSPS) is 12.6. The number of halogens is 2. The summed E-state index contributed by atoms with van der Waals surface area (Å²) in [5, 5.41) is 2.39. The molecule has 0 saturated heterocycles. The monoisotopic (exact) mass is 394 g/mol. The second kappa shape index (κ2) is 9.32. The van der Waals surface area contributed by atoms with E-state index in [4.69, 9.17) is 0 Å². The molecule has 1 aromatic rings. The van der Waals surface area contributed by atoms with Crippen molar-refractivity contribution in [2.24, 2.45) is 5.92 Å². The summed E-state index contributed by atoms with van der Waals surface area (Å²) in [6.45, 7) is 0.443. The maximum absolute atomic E-state index is 12.2. The van der Waals surface area contributed by atoms with Crippen molar-refractivity contribution in [2.75, 3.05) is 7.11 Å². The molecule has 146 valence electrons. The topological polar surface area (TPSA) is 111 Å². The number of sulfonamides is 1. The van der Waals surface area contributed by atoms with Crippen LogP contribution in [0.3, 0.4) is 0 Å². The molecule has 0 radical (unpaired) electrons. The van der Waals surface area contributed by atoms with E-state index in [2.05, 4.69) is 14.8 Å². The Morgan fingerprint density at radius 1 is 1.15 bits per heavy atom. The molecule has 0 saturated carbocycles. The van der Waals surface area contributed by atoms with E-state index in [1.54, 1.807) is 18.6 Å². The minimum atomic E-state index is -4.23. The fourth-order valence-corrected chi connectivity index (χ4v) is 2.81. The Kier molecular flexibility index (Phi) is 7.75. The van der Waals surface area contributed by atoms with E-state index in [1.807, 2.05) is 0 Å². The van der Waals surface area contributed by atoms with E-state index in [0.29, 0.717) is 0 Å². The summed E-state index contributed by atoms with van der Waals surface area (Å²) >= 11 is 0. The van der Waals surface area contributed by atoms with Gasteiger partial charge in [-0.05, 0) is 30.2 Å². The Morgan fingerprint density at radius 3 is 2.19 bits per heavy atom. The summed E-state index contributed by atoms with van der Waals surface area (Å²) in [5.41, 5.74) is 0. The predicted molar refractivity (Wildman–Crippen MR) is 87.2 cm³/mol. The molecule has 0 aliphatic carbocycles. The average Bonchev–Trinajstić information content (AvgIpc) is 2.53. The summed E-state index contributed by atoms with van der Waals surface area (Å²) < 4.78 is 58.9. The van der Waals surface area contributed by atoms with Crippen molar-refractivity contribution in [2.45, 2.75) is 37.8 Å². The van der Waals surface area contributed by atoms with Crippen molar-refractivity contribution in [1.82, 2.24) is 10.0 Å². The van der Waals surface area contributed by atoms with E-state index in [9.17, 15) is 26.8 Å². The van der Waals surface area contributed by atoms with Crippen LogP contribution in [0.5, 0.6) is 5.75 Å². The van der Waals surface area contributed by atoms with Crippen molar-refractivity contribution in [1.29, 1.82) is 0 Å². The van der Waals surface area contributed by atoms with Gasteiger partial charge in [-0.3, -0.25) is 4.79 Å². The van der Waals surface area contributed by atoms with Crippen LogP contribution in [0.4, 0.5) is 13.6 Å². The van der Waals surface area contributed by atoms with Crippen LogP contribution in [-0.2, 0) is 19.6 Å². The molecule has 2 amide bonds. The molecule has 1 rings (SSSR count). The van der Waals surface area contributed by atoms with Gasteiger partial charge in [-0.1, -0.05) is 13.8 Å². The Morgan fingerprint density at radius 2 is 1.73 bits per heavy atom. The molecular formula is C15H20F2N2O6S. The van der Waals surface area contributed by atoms with E-state index in [0.717, 1.165) is 24.3 Å². The molecule has 1 aromatic carbocycles. The number of alkyl halides is 2. The highest BCUT2D eigenvalue weighted by Gasteiger charge is 2.23. The average molecular weight is 394 g/mol. The molecule has 11 heteroatoms. The lowest BCUT2D eigenvalue weighted by atomic mass is 10.0. The molecule has 0 aliphatic rings. The fourth-order valence-electron chi connectivity index (χ4n) is 1.90. The number of esters is 1. The molecule has 8 nitrogen and oxygen atoms in total. The van der Waals surface area contributed by atoms with Crippen molar-refractivity contribution in [3.8, 4) is 5.75 Å². The quantitative estimate of drug-likeness (QED) is 0.651. The molecule has 0 heterocycles. The smallest absolute Gasteiger partial charge is 0.387 e. The number of urea groups is 1.